The van der Waals surface area contributed by atoms with E-state index in [1.807, 2.05) is 31.2 Å². The molecule has 0 aliphatic carbocycles. The fourth-order valence-electron chi connectivity index (χ4n) is 3.18. The Hall–Kier alpha value is -3.52. The maximum atomic E-state index is 13.1. The van der Waals surface area contributed by atoms with Gasteiger partial charge < -0.3 is 14.8 Å². The molecule has 0 saturated carbocycles. The first kappa shape index (κ1) is 23.1. The van der Waals surface area contributed by atoms with Gasteiger partial charge in [-0.3, -0.25) is 9.10 Å². The lowest BCUT2D eigenvalue weighted by Crippen LogP contribution is -2.27. The van der Waals surface area contributed by atoms with Gasteiger partial charge in [0.15, 0.2) is 11.5 Å². The van der Waals surface area contributed by atoms with E-state index in [0.29, 0.717) is 29.3 Å². The van der Waals surface area contributed by atoms with Crippen molar-refractivity contribution in [2.24, 2.45) is 0 Å². The molecule has 0 heterocycles. The second-order valence-corrected chi connectivity index (χ2v) is 9.11. The minimum absolute atomic E-state index is 0.0673. The molecule has 0 fully saturated rings. The summed E-state index contributed by atoms with van der Waals surface area (Å²) in [6.45, 7) is 2.41. The first-order valence-corrected chi connectivity index (χ1v) is 11.4. The highest BCUT2D eigenvalue weighted by molar-refractivity contribution is 7.92. The van der Waals surface area contributed by atoms with Crippen molar-refractivity contribution < 1.29 is 22.7 Å². The average Bonchev–Trinajstić information content (AvgIpc) is 2.82. The van der Waals surface area contributed by atoms with Gasteiger partial charge in [-0.05, 0) is 54.4 Å². The fraction of sp³-hybridized carbons (Fsp3) is 0.208. The number of hydrogen-bond acceptors (Lipinski definition) is 5. The molecule has 0 aromatic heterocycles. The van der Waals surface area contributed by atoms with Crippen LogP contribution in [0.3, 0.4) is 0 Å². The van der Waals surface area contributed by atoms with Gasteiger partial charge in [0.25, 0.3) is 15.9 Å². The number of carbonyl (C=O) groups is 1. The average molecular weight is 455 g/mol. The zero-order valence-corrected chi connectivity index (χ0v) is 19.3. The van der Waals surface area contributed by atoms with E-state index in [4.69, 9.17) is 9.47 Å². The van der Waals surface area contributed by atoms with E-state index in [1.165, 1.54) is 33.4 Å². The Morgan fingerprint density at radius 1 is 0.938 bits per heavy atom. The molecular formula is C24H26N2O5S. The first-order chi connectivity index (χ1) is 15.3. The molecule has 32 heavy (non-hydrogen) atoms. The van der Waals surface area contributed by atoms with Crippen molar-refractivity contribution in [3.05, 3.63) is 83.4 Å². The number of carbonyl (C=O) groups excluding carboxylic acids is 1. The molecule has 1 N–H and O–H groups in total. The maximum Gasteiger partial charge on any atom is 0.264 e. The molecule has 3 aromatic rings. The zero-order chi connectivity index (χ0) is 23.3. The minimum Gasteiger partial charge on any atom is -0.493 e. The molecular weight excluding hydrogens is 428 g/mol. The summed E-state index contributed by atoms with van der Waals surface area (Å²) in [4.78, 5) is 12.6. The molecule has 0 radical (unpaired) electrons. The third kappa shape index (κ3) is 4.86. The van der Waals surface area contributed by atoms with E-state index in [-0.39, 0.29) is 10.8 Å². The van der Waals surface area contributed by atoms with E-state index >= 15 is 0 Å². The molecule has 0 saturated heterocycles. The number of ether oxygens (including phenoxy) is 2. The van der Waals surface area contributed by atoms with E-state index in [2.05, 4.69) is 5.32 Å². The van der Waals surface area contributed by atoms with Crippen LogP contribution >= 0.6 is 0 Å². The van der Waals surface area contributed by atoms with Crippen molar-refractivity contribution in [1.82, 2.24) is 5.32 Å². The molecule has 0 aliphatic rings. The smallest absolute Gasteiger partial charge is 0.264 e. The molecule has 0 bridgehead atoms. The van der Waals surface area contributed by atoms with Crippen LogP contribution in [0.15, 0.2) is 71.6 Å². The Labute approximate surface area is 188 Å². The van der Waals surface area contributed by atoms with Crippen LogP contribution in [0.2, 0.25) is 0 Å². The number of benzene rings is 3. The summed E-state index contributed by atoms with van der Waals surface area (Å²) < 4.78 is 37.7. The van der Waals surface area contributed by atoms with Gasteiger partial charge in [0, 0.05) is 25.2 Å². The zero-order valence-electron chi connectivity index (χ0n) is 18.5. The van der Waals surface area contributed by atoms with Crippen LogP contribution < -0.4 is 19.1 Å². The molecule has 0 spiro atoms. The Bertz CT molecular complexity index is 1210. The fourth-order valence-corrected chi connectivity index (χ4v) is 4.39. The lowest BCUT2D eigenvalue weighted by Gasteiger charge is -2.20. The Morgan fingerprint density at radius 3 is 2.22 bits per heavy atom. The Kier molecular flexibility index (Phi) is 7.05. The highest BCUT2D eigenvalue weighted by Crippen LogP contribution is 2.31. The van der Waals surface area contributed by atoms with Gasteiger partial charge in [0.1, 0.15) is 0 Å². The summed E-state index contributed by atoms with van der Waals surface area (Å²) >= 11 is 0. The van der Waals surface area contributed by atoms with Crippen LogP contribution in [0.4, 0.5) is 5.69 Å². The monoisotopic (exact) mass is 454 g/mol. The van der Waals surface area contributed by atoms with E-state index in [0.717, 1.165) is 15.4 Å². The molecule has 8 heteroatoms. The number of anilines is 1. The second kappa shape index (κ2) is 9.74. The third-order valence-electron chi connectivity index (χ3n) is 5.21. The predicted octanol–water partition coefficient (Wildman–Crippen LogP) is 3.77. The van der Waals surface area contributed by atoms with Gasteiger partial charge >= 0.3 is 0 Å². The number of rotatable bonds is 8. The van der Waals surface area contributed by atoms with Crippen molar-refractivity contribution in [1.29, 1.82) is 0 Å². The molecule has 3 rings (SSSR count). The van der Waals surface area contributed by atoms with Crippen molar-refractivity contribution in [3.63, 3.8) is 0 Å². The molecule has 168 valence electrons. The molecule has 1 amide bonds. The van der Waals surface area contributed by atoms with Crippen LogP contribution in [0, 0.1) is 6.92 Å². The predicted molar refractivity (Wildman–Crippen MR) is 124 cm³/mol. The van der Waals surface area contributed by atoms with Crippen molar-refractivity contribution >= 4 is 21.6 Å². The normalized spacial score (nSPS) is 11.0. The topological polar surface area (TPSA) is 84.9 Å². The standard InChI is InChI=1S/C24H26N2O5S/c1-17-7-5-6-8-19(17)16-25-24(27)18-9-11-20(12-10-18)26(2)32(28,29)21-13-14-22(30-3)23(15-21)31-4/h5-15H,16H2,1-4H3,(H,25,27). The minimum atomic E-state index is -3.84. The summed E-state index contributed by atoms with van der Waals surface area (Å²) in [6, 6.07) is 18.6. The summed E-state index contributed by atoms with van der Waals surface area (Å²) in [7, 11) is 0.549. The van der Waals surface area contributed by atoms with Crippen molar-refractivity contribution in [2.45, 2.75) is 18.4 Å². The second-order valence-electron chi connectivity index (χ2n) is 7.15. The van der Waals surface area contributed by atoms with Crippen LogP contribution in [0.25, 0.3) is 0 Å². The van der Waals surface area contributed by atoms with Gasteiger partial charge in [-0.2, -0.15) is 0 Å². The highest BCUT2D eigenvalue weighted by atomic mass is 32.2. The highest BCUT2D eigenvalue weighted by Gasteiger charge is 2.23. The van der Waals surface area contributed by atoms with Crippen LogP contribution in [-0.2, 0) is 16.6 Å². The van der Waals surface area contributed by atoms with Gasteiger partial charge in [-0.1, -0.05) is 24.3 Å². The Balaban J connectivity index is 1.74. The molecule has 0 aliphatic heterocycles. The maximum absolute atomic E-state index is 13.1. The van der Waals surface area contributed by atoms with Gasteiger partial charge in [-0.15, -0.1) is 0 Å². The number of aryl methyl sites for hydroxylation is 1. The van der Waals surface area contributed by atoms with Crippen LogP contribution in [0.1, 0.15) is 21.5 Å². The van der Waals surface area contributed by atoms with Crippen molar-refractivity contribution in [3.8, 4) is 11.5 Å². The summed E-state index contributed by atoms with van der Waals surface area (Å²) in [5, 5.41) is 2.89. The van der Waals surface area contributed by atoms with E-state index < -0.39 is 10.0 Å². The number of hydrogen-bond donors (Lipinski definition) is 1. The number of methoxy groups -OCH3 is 2. The SMILES string of the molecule is COc1ccc(S(=O)(=O)N(C)c2ccc(C(=O)NCc3ccccc3C)cc2)cc1OC. The van der Waals surface area contributed by atoms with Crippen LogP contribution in [0.5, 0.6) is 11.5 Å². The van der Waals surface area contributed by atoms with E-state index in [1.54, 1.807) is 30.3 Å². The first-order valence-electron chi connectivity index (χ1n) is 9.91. The molecule has 0 atom stereocenters. The Morgan fingerprint density at radius 2 is 1.59 bits per heavy atom. The third-order valence-corrected chi connectivity index (χ3v) is 6.99. The largest absolute Gasteiger partial charge is 0.493 e. The summed E-state index contributed by atoms with van der Waals surface area (Å²) in [5.74, 6) is 0.531. The van der Waals surface area contributed by atoms with Crippen molar-refractivity contribution in [2.75, 3.05) is 25.6 Å². The van der Waals surface area contributed by atoms with Gasteiger partial charge in [0.2, 0.25) is 0 Å². The lowest BCUT2D eigenvalue weighted by molar-refractivity contribution is 0.0951. The number of nitrogens with one attached hydrogen (secondary N) is 1. The number of sulfonamides is 1. The van der Waals surface area contributed by atoms with Gasteiger partial charge in [-0.25, -0.2) is 8.42 Å². The quantitative estimate of drug-likeness (QED) is 0.560. The lowest BCUT2D eigenvalue weighted by atomic mass is 10.1. The molecule has 0 unspecified atom stereocenters. The van der Waals surface area contributed by atoms with Gasteiger partial charge in [0.05, 0.1) is 24.8 Å². The van der Waals surface area contributed by atoms with Crippen LogP contribution in [-0.4, -0.2) is 35.6 Å². The molecule has 3 aromatic carbocycles. The summed E-state index contributed by atoms with van der Waals surface area (Å²) in [5.41, 5.74) is 3.01. The summed E-state index contributed by atoms with van der Waals surface area (Å²) in [6.07, 6.45) is 0. The number of nitrogens with zero attached hydrogens (tertiary/aromatic N) is 1. The number of amides is 1. The van der Waals surface area contributed by atoms with E-state index in [9.17, 15) is 13.2 Å². The molecule has 7 nitrogen and oxygen atoms in total.